The van der Waals surface area contributed by atoms with E-state index in [2.05, 4.69) is 20.6 Å². The zero-order valence-corrected chi connectivity index (χ0v) is 17.5. The second-order valence-corrected chi connectivity index (χ2v) is 7.70. The number of nitrogens with zero attached hydrogens (tertiary/aromatic N) is 5. The summed E-state index contributed by atoms with van der Waals surface area (Å²) in [7, 11) is 0. The summed E-state index contributed by atoms with van der Waals surface area (Å²) in [5, 5.41) is 16.6. The second-order valence-electron chi connectivity index (χ2n) is 7.30. The van der Waals surface area contributed by atoms with Crippen molar-refractivity contribution in [2.45, 2.75) is 25.3 Å². The van der Waals surface area contributed by atoms with Crippen molar-refractivity contribution in [3.8, 4) is 6.07 Å². The minimum Gasteiger partial charge on any atom is -0.382 e. The summed E-state index contributed by atoms with van der Waals surface area (Å²) < 4.78 is 1.77. The van der Waals surface area contributed by atoms with Crippen molar-refractivity contribution in [3.63, 3.8) is 0 Å². The number of rotatable bonds is 5. The first kappa shape index (κ1) is 20.8. The molecule has 10 nitrogen and oxygen atoms in total. The molecule has 11 heteroatoms. The minimum atomic E-state index is -0.134. The number of anilines is 3. The third-order valence-corrected chi connectivity index (χ3v) is 5.65. The van der Waals surface area contributed by atoms with E-state index >= 15 is 0 Å². The molecular formula is C20H22ClN9O. The molecule has 0 aliphatic carbocycles. The summed E-state index contributed by atoms with van der Waals surface area (Å²) in [6.45, 7) is 2.04. The van der Waals surface area contributed by atoms with Crippen molar-refractivity contribution < 1.29 is 0 Å². The van der Waals surface area contributed by atoms with E-state index in [0.717, 1.165) is 25.9 Å². The molecule has 31 heavy (non-hydrogen) atoms. The first-order chi connectivity index (χ1) is 15.0. The lowest BCUT2D eigenvalue weighted by Crippen LogP contribution is -2.37. The molecule has 160 valence electrons. The average molecular weight is 440 g/mol. The molecule has 0 atom stereocenters. The van der Waals surface area contributed by atoms with Crippen molar-refractivity contribution in [2.75, 3.05) is 36.4 Å². The summed E-state index contributed by atoms with van der Waals surface area (Å²) >= 11 is 6.33. The first-order valence-electron chi connectivity index (χ1n) is 9.97. The Morgan fingerprint density at radius 3 is 2.77 bits per heavy atom. The molecule has 2 aromatic heterocycles. The van der Waals surface area contributed by atoms with Crippen LogP contribution in [0.25, 0.3) is 10.9 Å². The number of nitrogen functional groups attached to an aromatic ring is 2. The number of nitriles is 1. The number of hydrogen-bond donors (Lipinski definition) is 4. The fourth-order valence-corrected chi connectivity index (χ4v) is 4.14. The van der Waals surface area contributed by atoms with E-state index in [1.807, 2.05) is 6.07 Å². The maximum atomic E-state index is 13.4. The molecule has 1 aliphatic rings. The predicted molar refractivity (Wildman–Crippen MR) is 120 cm³/mol. The Bertz CT molecular complexity index is 1230. The molecule has 0 spiro atoms. The van der Waals surface area contributed by atoms with E-state index in [9.17, 15) is 10.1 Å². The SMILES string of the molecule is N#Cc1c(N)nc(N)nc1NCCc1nc2cccc(Cl)c2c(=O)n1C1CCNCC1. The van der Waals surface area contributed by atoms with E-state index in [0.29, 0.717) is 34.7 Å². The van der Waals surface area contributed by atoms with E-state index in [1.54, 1.807) is 22.8 Å². The first-order valence-corrected chi connectivity index (χ1v) is 10.3. The Hall–Kier alpha value is -3.42. The van der Waals surface area contributed by atoms with Gasteiger partial charge >= 0.3 is 0 Å². The Morgan fingerprint density at radius 2 is 2.03 bits per heavy atom. The van der Waals surface area contributed by atoms with Crippen LogP contribution in [0.1, 0.15) is 30.3 Å². The van der Waals surface area contributed by atoms with Gasteiger partial charge in [0.25, 0.3) is 5.56 Å². The minimum absolute atomic E-state index is 0.0163. The highest BCUT2D eigenvalue weighted by Gasteiger charge is 2.22. The van der Waals surface area contributed by atoms with Gasteiger partial charge < -0.3 is 22.1 Å². The third-order valence-electron chi connectivity index (χ3n) is 5.33. The third kappa shape index (κ3) is 4.10. The fourth-order valence-electron chi connectivity index (χ4n) is 3.89. The highest BCUT2D eigenvalue weighted by atomic mass is 35.5. The van der Waals surface area contributed by atoms with E-state index in [4.69, 9.17) is 28.1 Å². The quantitative estimate of drug-likeness (QED) is 0.461. The van der Waals surface area contributed by atoms with Crippen LogP contribution in [0.15, 0.2) is 23.0 Å². The standard InChI is InChI=1S/C20H22ClN9O/c21-13-2-1-3-14-16(13)19(31)30(11-4-7-25-8-5-11)15(27-14)6-9-26-18-12(10-22)17(23)28-20(24)29-18/h1-3,11,25H,4-9H2,(H5,23,24,26,28,29). The van der Waals surface area contributed by atoms with E-state index in [1.165, 1.54) is 0 Å². The molecule has 1 aromatic carbocycles. The lowest BCUT2D eigenvalue weighted by Gasteiger charge is -2.27. The molecule has 0 radical (unpaired) electrons. The molecule has 1 fully saturated rings. The van der Waals surface area contributed by atoms with Gasteiger partial charge in [0, 0.05) is 19.0 Å². The molecule has 3 aromatic rings. The molecule has 6 N–H and O–H groups in total. The van der Waals surface area contributed by atoms with Crippen molar-refractivity contribution in [3.05, 3.63) is 45.0 Å². The maximum Gasteiger partial charge on any atom is 0.263 e. The van der Waals surface area contributed by atoms with Crippen LogP contribution in [0.2, 0.25) is 5.02 Å². The lowest BCUT2D eigenvalue weighted by molar-refractivity contribution is 0.351. The summed E-state index contributed by atoms with van der Waals surface area (Å²) in [5.74, 6) is 0.895. The van der Waals surface area contributed by atoms with E-state index in [-0.39, 0.29) is 34.7 Å². The molecular weight excluding hydrogens is 418 g/mol. The Kier molecular flexibility index (Phi) is 5.88. The average Bonchev–Trinajstić information content (AvgIpc) is 2.74. The Balaban J connectivity index is 1.69. The number of hydrogen-bond acceptors (Lipinski definition) is 9. The van der Waals surface area contributed by atoms with Crippen molar-refractivity contribution in [2.24, 2.45) is 0 Å². The smallest absolute Gasteiger partial charge is 0.263 e. The number of aromatic nitrogens is 4. The van der Waals surface area contributed by atoms with Gasteiger partial charge in [-0.25, -0.2) is 4.98 Å². The van der Waals surface area contributed by atoms with Crippen molar-refractivity contribution in [1.82, 2.24) is 24.8 Å². The highest BCUT2D eigenvalue weighted by Crippen LogP contribution is 2.24. The van der Waals surface area contributed by atoms with E-state index < -0.39 is 0 Å². The molecule has 1 aliphatic heterocycles. The summed E-state index contributed by atoms with van der Waals surface area (Å²) in [6, 6.07) is 7.28. The molecule has 0 amide bonds. The number of fused-ring (bicyclic) bond motifs is 1. The van der Waals surface area contributed by atoms with Crippen LogP contribution < -0.4 is 27.7 Å². The maximum absolute atomic E-state index is 13.4. The molecule has 1 saturated heterocycles. The molecule has 0 unspecified atom stereocenters. The Morgan fingerprint density at radius 1 is 1.26 bits per heavy atom. The number of benzene rings is 1. The number of nitrogens with two attached hydrogens (primary N) is 2. The van der Waals surface area contributed by atoms with Crippen LogP contribution in [0.4, 0.5) is 17.6 Å². The number of halogens is 1. The van der Waals surface area contributed by atoms with Crippen LogP contribution >= 0.6 is 11.6 Å². The van der Waals surface area contributed by atoms with Crippen LogP contribution in [0.3, 0.4) is 0 Å². The highest BCUT2D eigenvalue weighted by molar-refractivity contribution is 6.35. The van der Waals surface area contributed by atoms with Gasteiger partial charge in [0.1, 0.15) is 23.3 Å². The normalized spacial score (nSPS) is 14.5. The van der Waals surface area contributed by atoms with Crippen LogP contribution in [-0.4, -0.2) is 39.2 Å². The van der Waals surface area contributed by atoms with Crippen LogP contribution in [0.5, 0.6) is 0 Å². The topological polar surface area (TPSA) is 161 Å². The van der Waals surface area contributed by atoms with Gasteiger partial charge in [-0.2, -0.15) is 15.2 Å². The summed E-state index contributed by atoms with van der Waals surface area (Å²) in [4.78, 5) is 26.0. The van der Waals surface area contributed by atoms with Gasteiger partial charge in [-0.15, -0.1) is 0 Å². The zero-order valence-electron chi connectivity index (χ0n) is 16.7. The number of nitrogens with one attached hydrogen (secondary N) is 2. The Labute approximate surface area is 183 Å². The van der Waals surface area contributed by atoms with Crippen molar-refractivity contribution >= 4 is 40.1 Å². The van der Waals surface area contributed by atoms with Gasteiger partial charge in [-0.1, -0.05) is 17.7 Å². The summed E-state index contributed by atoms with van der Waals surface area (Å²) in [5.41, 5.74) is 12.0. The monoisotopic (exact) mass is 439 g/mol. The number of piperidine rings is 1. The van der Waals surface area contributed by atoms with Gasteiger partial charge in [0.15, 0.2) is 5.82 Å². The molecule has 0 bridgehead atoms. The molecule has 4 rings (SSSR count). The van der Waals surface area contributed by atoms with Gasteiger partial charge in [-0.05, 0) is 38.1 Å². The zero-order chi connectivity index (χ0) is 22.0. The largest absolute Gasteiger partial charge is 0.382 e. The second kappa shape index (κ2) is 8.75. The predicted octanol–water partition coefficient (Wildman–Crippen LogP) is 1.46. The van der Waals surface area contributed by atoms with Crippen LogP contribution in [0, 0.1) is 11.3 Å². The lowest BCUT2D eigenvalue weighted by atomic mass is 10.1. The van der Waals surface area contributed by atoms with Gasteiger partial charge in [0.05, 0.1) is 15.9 Å². The molecule has 0 saturated carbocycles. The molecule has 3 heterocycles. The fraction of sp³-hybridized carbons (Fsp3) is 0.350. The van der Waals surface area contributed by atoms with Gasteiger partial charge in [-0.3, -0.25) is 9.36 Å². The van der Waals surface area contributed by atoms with Crippen LogP contribution in [-0.2, 0) is 6.42 Å². The summed E-state index contributed by atoms with van der Waals surface area (Å²) in [6.07, 6.45) is 2.08. The van der Waals surface area contributed by atoms with Crippen molar-refractivity contribution in [1.29, 1.82) is 5.26 Å². The van der Waals surface area contributed by atoms with Gasteiger partial charge in [0.2, 0.25) is 5.95 Å².